The van der Waals surface area contributed by atoms with Crippen LogP contribution in [0.2, 0.25) is 0 Å². The average Bonchev–Trinajstić information content (AvgIpc) is 3.17. The number of carbonyl (C=O) groups excluding carboxylic acids is 2. The van der Waals surface area contributed by atoms with E-state index >= 15 is 0 Å². The van der Waals surface area contributed by atoms with Gasteiger partial charge in [0.2, 0.25) is 5.91 Å². The molecule has 1 N–H and O–H groups in total. The lowest BCUT2D eigenvalue weighted by molar-refractivity contribution is -0.133. The molecule has 1 fully saturated rings. The minimum absolute atomic E-state index is 0.0746. The molecule has 1 atom stereocenters. The molecule has 6 nitrogen and oxygen atoms in total. The Morgan fingerprint density at radius 1 is 1.15 bits per heavy atom. The van der Waals surface area contributed by atoms with Gasteiger partial charge in [-0.05, 0) is 62.6 Å². The molecule has 3 rings (SSSR count). The molecule has 27 heavy (non-hydrogen) atoms. The van der Waals surface area contributed by atoms with E-state index in [0.29, 0.717) is 11.5 Å². The number of hydrogen-bond donors (Lipinski definition) is 1. The molecule has 1 unspecified atom stereocenters. The minimum Gasteiger partial charge on any atom is -0.486 e. The summed E-state index contributed by atoms with van der Waals surface area (Å²) in [6, 6.07) is 8.19. The fourth-order valence-electron chi connectivity index (χ4n) is 2.98. The Labute approximate surface area is 157 Å². The van der Waals surface area contributed by atoms with Crippen molar-refractivity contribution in [1.82, 2.24) is 10.2 Å². The van der Waals surface area contributed by atoms with Crippen molar-refractivity contribution < 1.29 is 23.1 Å². The van der Waals surface area contributed by atoms with Gasteiger partial charge in [-0.1, -0.05) is 0 Å². The van der Waals surface area contributed by atoms with Crippen LogP contribution in [0.25, 0.3) is 0 Å². The molecule has 7 heteroatoms. The van der Waals surface area contributed by atoms with Gasteiger partial charge in [-0.3, -0.25) is 9.59 Å². The van der Waals surface area contributed by atoms with E-state index in [2.05, 4.69) is 5.32 Å². The third-order valence-electron chi connectivity index (χ3n) is 4.47. The van der Waals surface area contributed by atoms with Crippen LogP contribution < -0.4 is 10.1 Å². The van der Waals surface area contributed by atoms with Crippen LogP contribution in [0.1, 0.15) is 42.5 Å². The number of ether oxygens (including phenoxy) is 1. The van der Waals surface area contributed by atoms with Crippen LogP contribution in [0.15, 0.2) is 40.8 Å². The van der Waals surface area contributed by atoms with Crippen molar-refractivity contribution in [2.24, 2.45) is 0 Å². The summed E-state index contributed by atoms with van der Waals surface area (Å²) in [5, 5.41) is 2.68. The monoisotopic (exact) mass is 374 g/mol. The van der Waals surface area contributed by atoms with Gasteiger partial charge in [-0.25, -0.2) is 4.39 Å². The Balaban J connectivity index is 1.51. The molecule has 2 aromatic rings. The summed E-state index contributed by atoms with van der Waals surface area (Å²) in [4.78, 5) is 26.5. The van der Waals surface area contributed by atoms with Crippen molar-refractivity contribution in [3.8, 4) is 5.75 Å². The zero-order valence-electron chi connectivity index (χ0n) is 15.2. The summed E-state index contributed by atoms with van der Waals surface area (Å²) < 4.78 is 23.8. The van der Waals surface area contributed by atoms with Crippen molar-refractivity contribution in [3.63, 3.8) is 0 Å². The van der Waals surface area contributed by atoms with Crippen LogP contribution >= 0.6 is 0 Å². The maximum Gasteiger partial charge on any atom is 0.287 e. The molecule has 0 radical (unpaired) electrons. The standard InChI is InChI=1S/C20H23FN2O4/c1-14(20(25)23-11-3-2-4-12-23)22-19(24)18-10-9-17(27-18)13-26-16-7-5-15(21)6-8-16/h5-10,14H,2-4,11-13H2,1H3,(H,22,24). The van der Waals surface area contributed by atoms with E-state index in [1.165, 1.54) is 30.3 Å². The number of nitrogens with one attached hydrogen (secondary N) is 1. The maximum absolute atomic E-state index is 12.9. The number of piperidine rings is 1. The zero-order valence-corrected chi connectivity index (χ0v) is 15.2. The van der Waals surface area contributed by atoms with Crippen molar-refractivity contribution in [2.45, 2.75) is 38.8 Å². The first-order chi connectivity index (χ1) is 13.0. The highest BCUT2D eigenvalue weighted by Crippen LogP contribution is 2.15. The smallest absolute Gasteiger partial charge is 0.287 e. The lowest BCUT2D eigenvalue weighted by atomic mass is 10.1. The second-order valence-corrected chi connectivity index (χ2v) is 6.59. The first kappa shape index (κ1) is 18.9. The molecule has 1 aliphatic rings. The third-order valence-corrected chi connectivity index (χ3v) is 4.47. The molecular weight excluding hydrogens is 351 g/mol. The van der Waals surface area contributed by atoms with E-state index in [0.717, 1.165) is 32.4 Å². The molecule has 0 spiro atoms. The fraction of sp³-hybridized carbons (Fsp3) is 0.400. The Hall–Kier alpha value is -2.83. The number of nitrogens with zero attached hydrogens (tertiary/aromatic N) is 1. The number of carbonyl (C=O) groups is 2. The summed E-state index contributed by atoms with van der Waals surface area (Å²) in [5.41, 5.74) is 0. The van der Waals surface area contributed by atoms with E-state index in [9.17, 15) is 14.0 Å². The van der Waals surface area contributed by atoms with Crippen LogP contribution in [-0.4, -0.2) is 35.8 Å². The normalized spacial score (nSPS) is 15.3. The van der Waals surface area contributed by atoms with Crippen LogP contribution in [0.3, 0.4) is 0 Å². The molecule has 0 aliphatic carbocycles. The largest absolute Gasteiger partial charge is 0.486 e. The van der Waals surface area contributed by atoms with Crippen LogP contribution in [0.5, 0.6) is 5.75 Å². The average molecular weight is 374 g/mol. The summed E-state index contributed by atoms with van der Waals surface area (Å²) >= 11 is 0. The summed E-state index contributed by atoms with van der Waals surface area (Å²) in [7, 11) is 0. The second-order valence-electron chi connectivity index (χ2n) is 6.59. The van der Waals surface area contributed by atoms with Gasteiger partial charge in [0.1, 0.15) is 30.0 Å². The molecule has 0 saturated carbocycles. The molecule has 1 aromatic heterocycles. The molecule has 0 bridgehead atoms. The highest BCUT2D eigenvalue weighted by molar-refractivity contribution is 5.95. The van der Waals surface area contributed by atoms with E-state index in [1.807, 2.05) is 0 Å². The fourth-order valence-corrected chi connectivity index (χ4v) is 2.98. The predicted octanol–water partition coefficient (Wildman–Crippen LogP) is 3.13. The highest BCUT2D eigenvalue weighted by atomic mass is 19.1. The maximum atomic E-state index is 12.9. The quantitative estimate of drug-likeness (QED) is 0.843. The first-order valence-electron chi connectivity index (χ1n) is 9.09. The molecule has 1 aromatic carbocycles. The van der Waals surface area contributed by atoms with E-state index < -0.39 is 11.9 Å². The van der Waals surface area contributed by atoms with Crippen molar-refractivity contribution in [2.75, 3.05) is 13.1 Å². The van der Waals surface area contributed by atoms with E-state index in [-0.39, 0.29) is 24.1 Å². The molecular formula is C20H23FN2O4. The Morgan fingerprint density at radius 3 is 2.56 bits per heavy atom. The van der Waals surface area contributed by atoms with E-state index in [1.54, 1.807) is 17.9 Å². The number of amides is 2. The minimum atomic E-state index is -0.611. The van der Waals surface area contributed by atoms with Gasteiger partial charge in [0.05, 0.1) is 0 Å². The SMILES string of the molecule is CC(NC(=O)c1ccc(COc2ccc(F)cc2)o1)C(=O)N1CCCCC1. The molecule has 1 aliphatic heterocycles. The summed E-state index contributed by atoms with van der Waals surface area (Å²) in [6.45, 7) is 3.27. The Bertz CT molecular complexity index is 782. The molecule has 2 heterocycles. The van der Waals surface area contributed by atoms with Gasteiger partial charge in [0.15, 0.2) is 5.76 Å². The molecule has 144 valence electrons. The topological polar surface area (TPSA) is 71.8 Å². The molecule has 2 amide bonds. The van der Waals surface area contributed by atoms with Gasteiger partial charge in [0.25, 0.3) is 5.91 Å². The first-order valence-corrected chi connectivity index (χ1v) is 9.09. The van der Waals surface area contributed by atoms with Gasteiger partial charge in [0, 0.05) is 13.1 Å². The van der Waals surface area contributed by atoms with Gasteiger partial charge >= 0.3 is 0 Å². The second kappa shape index (κ2) is 8.70. The lowest BCUT2D eigenvalue weighted by Crippen LogP contribution is -2.48. The van der Waals surface area contributed by atoms with Gasteiger partial charge < -0.3 is 19.4 Å². The van der Waals surface area contributed by atoms with Crippen molar-refractivity contribution in [1.29, 1.82) is 0 Å². The number of benzene rings is 1. The van der Waals surface area contributed by atoms with Crippen LogP contribution in [0.4, 0.5) is 4.39 Å². The van der Waals surface area contributed by atoms with Gasteiger partial charge in [-0.15, -0.1) is 0 Å². The number of hydrogen-bond acceptors (Lipinski definition) is 4. The van der Waals surface area contributed by atoms with Crippen LogP contribution in [0, 0.1) is 5.82 Å². The van der Waals surface area contributed by atoms with E-state index in [4.69, 9.17) is 9.15 Å². The number of furan rings is 1. The predicted molar refractivity (Wildman–Crippen MR) is 96.8 cm³/mol. The van der Waals surface area contributed by atoms with Crippen LogP contribution in [-0.2, 0) is 11.4 Å². The third kappa shape index (κ3) is 5.09. The number of likely N-dealkylation sites (tertiary alicyclic amines) is 1. The van der Waals surface area contributed by atoms with Gasteiger partial charge in [-0.2, -0.15) is 0 Å². The lowest BCUT2D eigenvalue weighted by Gasteiger charge is -2.29. The molecule has 1 saturated heterocycles. The number of rotatable bonds is 6. The Kier molecular flexibility index (Phi) is 6.11. The number of halogens is 1. The zero-order chi connectivity index (χ0) is 19.2. The summed E-state index contributed by atoms with van der Waals surface area (Å²) in [6.07, 6.45) is 3.14. The Morgan fingerprint density at radius 2 is 1.85 bits per heavy atom. The summed E-state index contributed by atoms with van der Waals surface area (Å²) in [5.74, 6) is 0.216. The highest BCUT2D eigenvalue weighted by Gasteiger charge is 2.24. The van der Waals surface area contributed by atoms with Crippen molar-refractivity contribution in [3.05, 3.63) is 53.7 Å². The van der Waals surface area contributed by atoms with Crippen molar-refractivity contribution >= 4 is 11.8 Å².